The number of imidazole rings is 1. The molecule has 0 aliphatic carbocycles. The van der Waals surface area contributed by atoms with Crippen molar-refractivity contribution in [3.8, 4) is 11.4 Å². The maximum Gasteiger partial charge on any atom is 0.290 e. The number of aromatic amines is 1. The molecule has 2 N–H and O–H groups in total. The standard InChI is InChI=1S/C17H9Cl2N3O2S/c18-10-5-6-11-14(13(10)19)21-15(20-11)9-3-1-8(2-4-9)7-12-16(23)22-17(24)25-12/h1-7H,(H,20,21)(H,22,23,24)/b12-7+. The molecule has 1 fully saturated rings. The van der Waals surface area contributed by atoms with Gasteiger partial charge in [-0.2, -0.15) is 0 Å². The molecule has 0 atom stereocenters. The van der Waals surface area contributed by atoms with Crippen LogP contribution in [0.4, 0.5) is 4.79 Å². The summed E-state index contributed by atoms with van der Waals surface area (Å²) in [4.78, 5) is 30.8. The largest absolute Gasteiger partial charge is 0.338 e. The number of nitrogens with zero attached hydrogens (tertiary/aromatic N) is 1. The van der Waals surface area contributed by atoms with Gasteiger partial charge in [0.1, 0.15) is 11.3 Å². The van der Waals surface area contributed by atoms with E-state index in [0.29, 0.717) is 26.3 Å². The molecule has 0 unspecified atom stereocenters. The molecule has 5 nitrogen and oxygen atoms in total. The molecule has 2 amide bonds. The van der Waals surface area contributed by atoms with Crippen molar-refractivity contribution in [3.05, 3.63) is 56.9 Å². The molecule has 0 radical (unpaired) electrons. The van der Waals surface area contributed by atoms with E-state index < -0.39 is 0 Å². The summed E-state index contributed by atoms with van der Waals surface area (Å²) in [6.07, 6.45) is 1.67. The minimum absolute atomic E-state index is 0.356. The zero-order valence-corrected chi connectivity index (χ0v) is 14.8. The summed E-state index contributed by atoms with van der Waals surface area (Å²) in [7, 11) is 0. The van der Waals surface area contributed by atoms with Crippen LogP contribution in [0.2, 0.25) is 10.0 Å². The Kier molecular flexibility index (Phi) is 4.03. The van der Waals surface area contributed by atoms with E-state index in [1.807, 2.05) is 30.3 Å². The lowest BCUT2D eigenvalue weighted by atomic mass is 10.1. The Hall–Kier alpha value is -2.28. The Morgan fingerprint density at radius 2 is 1.80 bits per heavy atom. The first kappa shape index (κ1) is 16.2. The number of amides is 2. The zero-order valence-electron chi connectivity index (χ0n) is 12.5. The van der Waals surface area contributed by atoms with E-state index in [9.17, 15) is 9.59 Å². The Balaban J connectivity index is 1.67. The van der Waals surface area contributed by atoms with Gasteiger partial charge in [0.25, 0.3) is 11.1 Å². The van der Waals surface area contributed by atoms with Crippen molar-refractivity contribution in [2.75, 3.05) is 0 Å². The van der Waals surface area contributed by atoms with Crippen LogP contribution in [0.5, 0.6) is 0 Å². The second-order valence-corrected chi connectivity index (χ2v) is 7.12. The van der Waals surface area contributed by atoms with Gasteiger partial charge in [0.05, 0.1) is 20.5 Å². The third kappa shape index (κ3) is 3.04. The van der Waals surface area contributed by atoms with Crippen LogP contribution in [0, 0.1) is 0 Å². The highest BCUT2D eigenvalue weighted by atomic mass is 35.5. The van der Waals surface area contributed by atoms with Gasteiger partial charge in [0, 0.05) is 5.56 Å². The lowest BCUT2D eigenvalue weighted by Gasteiger charge is -1.99. The highest BCUT2D eigenvalue weighted by molar-refractivity contribution is 8.18. The van der Waals surface area contributed by atoms with E-state index in [2.05, 4.69) is 15.3 Å². The van der Waals surface area contributed by atoms with Gasteiger partial charge in [0.15, 0.2) is 0 Å². The van der Waals surface area contributed by atoms with Crippen molar-refractivity contribution in [3.63, 3.8) is 0 Å². The minimum Gasteiger partial charge on any atom is -0.338 e. The van der Waals surface area contributed by atoms with Gasteiger partial charge in [0.2, 0.25) is 0 Å². The summed E-state index contributed by atoms with van der Waals surface area (Å²) in [5.41, 5.74) is 3.10. The van der Waals surface area contributed by atoms with Gasteiger partial charge in [-0.25, -0.2) is 4.98 Å². The van der Waals surface area contributed by atoms with Crippen LogP contribution in [0.25, 0.3) is 28.5 Å². The Bertz CT molecular complexity index is 1060. The number of carbonyl (C=O) groups excluding carboxylic acids is 2. The summed E-state index contributed by atoms with van der Waals surface area (Å²) in [5, 5.41) is 2.74. The number of nitrogens with one attached hydrogen (secondary N) is 2. The molecule has 1 aliphatic heterocycles. The van der Waals surface area contributed by atoms with Crippen LogP contribution in [0.1, 0.15) is 5.56 Å². The van der Waals surface area contributed by atoms with Gasteiger partial charge in [-0.15, -0.1) is 0 Å². The predicted molar refractivity (Wildman–Crippen MR) is 101 cm³/mol. The molecule has 2 aromatic carbocycles. The fraction of sp³-hybridized carbons (Fsp3) is 0. The molecular weight excluding hydrogens is 381 g/mol. The lowest BCUT2D eigenvalue weighted by Crippen LogP contribution is -2.17. The quantitative estimate of drug-likeness (QED) is 0.613. The third-order valence-electron chi connectivity index (χ3n) is 3.67. The van der Waals surface area contributed by atoms with Gasteiger partial charge in [-0.05, 0) is 35.5 Å². The minimum atomic E-state index is -0.372. The van der Waals surface area contributed by atoms with Crippen molar-refractivity contribution >= 4 is 63.2 Å². The number of hydrogen-bond donors (Lipinski definition) is 2. The first-order valence-corrected chi connectivity index (χ1v) is 8.77. The highest BCUT2D eigenvalue weighted by Gasteiger charge is 2.24. The summed E-state index contributed by atoms with van der Waals surface area (Å²) < 4.78 is 0. The van der Waals surface area contributed by atoms with E-state index in [1.165, 1.54) is 0 Å². The highest BCUT2D eigenvalue weighted by Crippen LogP contribution is 2.31. The van der Waals surface area contributed by atoms with Crippen LogP contribution in [0.15, 0.2) is 41.3 Å². The van der Waals surface area contributed by atoms with Crippen molar-refractivity contribution in [1.29, 1.82) is 0 Å². The summed E-state index contributed by atoms with van der Waals surface area (Å²) in [6, 6.07) is 11.0. The molecule has 8 heteroatoms. The molecule has 4 rings (SSSR count). The second-order valence-electron chi connectivity index (χ2n) is 5.32. The van der Waals surface area contributed by atoms with E-state index in [1.54, 1.807) is 12.1 Å². The van der Waals surface area contributed by atoms with E-state index in [4.69, 9.17) is 23.2 Å². The maximum absolute atomic E-state index is 11.6. The maximum atomic E-state index is 11.6. The lowest BCUT2D eigenvalue weighted by molar-refractivity contribution is -0.115. The molecule has 1 saturated heterocycles. The number of imide groups is 1. The average molecular weight is 390 g/mol. The topological polar surface area (TPSA) is 74.8 Å². The molecule has 0 saturated carbocycles. The molecule has 1 aromatic heterocycles. The normalized spacial score (nSPS) is 16.0. The predicted octanol–water partition coefficient (Wildman–Crippen LogP) is 4.86. The number of fused-ring (bicyclic) bond motifs is 1. The van der Waals surface area contributed by atoms with E-state index >= 15 is 0 Å². The fourth-order valence-electron chi connectivity index (χ4n) is 2.46. The number of benzene rings is 2. The van der Waals surface area contributed by atoms with Crippen LogP contribution >= 0.6 is 35.0 Å². The SMILES string of the molecule is O=C1NC(=O)/C(=C\c2ccc(-c3nc4c(Cl)c(Cl)ccc4[nH]3)cc2)S1. The van der Waals surface area contributed by atoms with Crippen molar-refractivity contribution in [2.45, 2.75) is 0 Å². The summed E-state index contributed by atoms with van der Waals surface area (Å²) in [6.45, 7) is 0. The second kappa shape index (κ2) is 6.22. The molecule has 2 heterocycles. The molecule has 0 spiro atoms. The van der Waals surface area contributed by atoms with E-state index in [0.717, 1.165) is 28.4 Å². The zero-order chi connectivity index (χ0) is 17.6. The number of hydrogen-bond acceptors (Lipinski definition) is 4. The van der Waals surface area contributed by atoms with Gasteiger partial charge in [-0.3, -0.25) is 14.9 Å². The average Bonchev–Trinajstić information content (AvgIpc) is 3.16. The van der Waals surface area contributed by atoms with Crippen LogP contribution in [0.3, 0.4) is 0 Å². The van der Waals surface area contributed by atoms with Crippen molar-refractivity contribution < 1.29 is 9.59 Å². The summed E-state index contributed by atoms with van der Waals surface area (Å²) in [5.74, 6) is 0.296. The van der Waals surface area contributed by atoms with E-state index in [-0.39, 0.29) is 11.1 Å². The number of halogens is 2. The summed E-state index contributed by atoms with van der Waals surface area (Å²) >= 11 is 13.1. The van der Waals surface area contributed by atoms with Gasteiger partial charge >= 0.3 is 0 Å². The number of carbonyl (C=O) groups is 2. The molecule has 25 heavy (non-hydrogen) atoms. The monoisotopic (exact) mass is 389 g/mol. The molecule has 124 valence electrons. The Labute approximate surface area is 156 Å². The Morgan fingerprint density at radius 1 is 1.04 bits per heavy atom. The number of thioether (sulfide) groups is 1. The molecule has 1 aliphatic rings. The molecule has 3 aromatic rings. The number of H-pyrrole nitrogens is 1. The van der Waals surface area contributed by atoms with Crippen LogP contribution < -0.4 is 5.32 Å². The first-order chi connectivity index (χ1) is 12.0. The first-order valence-electron chi connectivity index (χ1n) is 7.20. The van der Waals surface area contributed by atoms with Gasteiger partial charge < -0.3 is 4.98 Å². The van der Waals surface area contributed by atoms with Crippen molar-refractivity contribution in [1.82, 2.24) is 15.3 Å². The Morgan fingerprint density at radius 3 is 2.48 bits per heavy atom. The number of aromatic nitrogens is 2. The van der Waals surface area contributed by atoms with Gasteiger partial charge in [-0.1, -0.05) is 47.5 Å². The molecule has 0 bridgehead atoms. The van der Waals surface area contributed by atoms with Crippen LogP contribution in [-0.2, 0) is 4.79 Å². The van der Waals surface area contributed by atoms with Crippen LogP contribution in [-0.4, -0.2) is 21.1 Å². The van der Waals surface area contributed by atoms with Crippen molar-refractivity contribution in [2.24, 2.45) is 0 Å². The third-order valence-corrected chi connectivity index (χ3v) is 5.27. The smallest absolute Gasteiger partial charge is 0.290 e. The fourth-order valence-corrected chi connectivity index (χ4v) is 3.51. The molecular formula is C17H9Cl2N3O2S. The number of rotatable bonds is 2.